The lowest BCUT2D eigenvalue weighted by molar-refractivity contribution is 0.0336. The molecule has 1 aliphatic heterocycles. The number of hydrogen-bond acceptors (Lipinski definition) is 4. The van der Waals surface area contributed by atoms with Crippen LogP contribution in [0.15, 0.2) is 41.1 Å². The van der Waals surface area contributed by atoms with Crippen LogP contribution in [-0.4, -0.2) is 41.2 Å². The average Bonchev–Trinajstić information content (AvgIpc) is 2.50. The number of benzene rings is 1. The fraction of sp³-hybridized carbons (Fsp3) is 0.333. The lowest BCUT2D eigenvalue weighted by Crippen LogP contribution is -2.35. The van der Waals surface area contributed by atoms with E-state index in [0.29, 0.717) is 0 Å². The van der Waals surface area contributed by atoms with Crippen molar-refractivity contribution in [2.45, 2.75) is 6.54 Å². The Morgan fingerprint density at radius 1 is 1.05 bits per heavy atom. The van der Waals surface area contributed by atoms with Crippen LogP contribution >= 0.6 is 15.9 Å². The fourth-order valence-corrected chi connectivity index (χ4v) is 2.46. The zero-order valence-electron chi connectivity index (χ0n) is 11.1. The molecule has 104 valence electrons. The third-order valence-corrected chi connectivity index (χ3v) is 3.86. The first-order chi connectivity index (χ1) is 9.81. The van der Waals surface area contributed by atoms with E-state index in [1.54, 1.807) is 0 Å². The van der Waals surface area contributed by atoms with E-state index in [-0.39, 0.29) is 0 Å². The Balaban J connectivity index is 1.69. The highest BCUT2D eigenvalue weighted by Crippen LogP contribution is 2.19. The van der Waals surface area contributed by atoms with Crippen molar-refractivity contribution in [3.05, 3.63) is 46.8 Å². The van der Waals surface area contributed by atoms with Crippen molar-refractivity contribution in [3.8, 4) is 11.3 Å². The van der Waals surface area contributed by atoms with Crippen LogP contribution in [0.3, 0.4) is 0 Å². The number of aromatic nitrogens is 2. The SMILES string of the molecule is Brc1ccc(-c2cnc(CN3CCOCC3)cn2)cc1. The second-order valence-corrected chi connectivity index (χ2v) is 5.70. The first-order valence-electron chi connectivity index (χ1n) is 6.68. The summed E-state index contributed by atoms with van der Waals surface area (Å²) in [5.41, 5.74) is 3.00. The van der Waals surface area contributed by atoms with E-state index in [4.69, 9.17) is 4.74 Å². The number of ether oxygens (including phenoxy) is 1. The van der Waals surface area contributed by atoms with Gasteiger partial charge < -0.3 is 4.74 Å². The molecule has 0 spiro atoms. The number of halogens is 1. The van der Waals surface area contributed by atoms with Gasteiger partial charge in [0.15, 0.2) is 0 Å². The quantitative estimate of drug-likeness (QED) is 0.865. The van der Waals surface area contributed by atoms with Crippen LogP contribution < -0.4 is 0 Å². The monoisotopic (exact) mass is 333 g/mol. The molecule has 2 aromatic rings. The first-order valence-corrected chi connectivity index (χ1v) is 7.47. The molecule has 0 N–H and O–H groups in total. The smallest absolute Gasteiger partial charge is 0.0885 e. The topological polar surface area (TPSA) is 38.2 Å². The molecular formula is C15H16BrN3O. The molecule has 20 heavy (non-hydrogen) atoms. The Morgan fingerprint density at radius 3 is 2.45 bits per heavy atom. The average molecular weight is 334 g/mol. The molecule has 0 amide bonds. The number of morpholine rings is 1. The second kappa shape index (κ2) is 6.43. The predicted molar refractivity (Wildman–Crippen MR) is 81.3 cm³/mol. The Bertz CT molecular complexity index is 550. The van der Waals surface area contributed by atoms with Crippen molar-refractivity contribution >= 4 is 15.9 Å². The van der Waals surface area contributed by atoms with Gasteiger partial charge in [0.25, 0.3) is 0 Å². The van der Waals surface area contributed by atoms with Crippen LogP contribution in [-0.2, 0) is 11.3 Å². The van der Waals surface area contributed by atoms with Crippen molar-refractivity contribution in [1.82, 2.24) is 14.9 Å². The summed E-state index contributed by atoms with van der Waals surface area (Å²) in [6.07, 6.45) is 3.71. The number of hydrogen-bond donors (Lipinski definition) is 0. The molecule has 4 nitrogen and oxygen atoms in total. The van der Waals surface area contributed by atoms with Gasteiger partial charge in [-0.05, 0) is 12.1 Å². The van der Waals surface area contributed by atoms with Crippen LogP contribution in [0.2, 0.25) is 0 Å². The molecule has 0 saturated carbocycles. The lowest BCUT2D eigenvalue weighted by atomic mass is 10.2. The Morgan fingerprint density at radius 2 is 1.80 bits per heavy atom. The van der Waals surface area contributed by atoms with E-state index < -0.39 is 0 Å². The number of nitrogens with zero attached hydrogens (tertiary/aromatic N) is 3. The summed E-state index contributed by atoms with van der Waals surface area (Å²) in [6, 6.07) is 8.10. The first kappa shape index (κ1) is 13.7. The van der Waals surface area contributed by atoms with Gasteiger partial charge in [0, 0.05) is 29.7 Å². The van der Waals surface area contributed by atoms with E-state index in [9.17, 15) is 0 Å². The highest BCUT2D eigenvalue weighted by atomic mass is 79.9. The number of rotatable bonds is 3. The second-order valence-electron chi connectivity index (χ2n) is 4.79. The van der Waals surface area contributed by atoms with E-state index in [1.165, 1.54) is 0 Å². The van der Waals surface area contributed by atoms with Gasteiger partial charge in [-0.15, -0.1) is 0 Å². The summed E-state index contributed by atoms with van der Waals surface area (Å²) in [5.74, 6) is 0. The maximum Gasteiger partial charge on any atom is 0.0885 e. The summed E-state index contributed by atoms with van der Waals surface area (Å²) < 4.78 is 6.41. The molecule has 1 fully saturated rings. The summed E-state index contributed by atoms with van der Waals surface area (Å²) >= 11 is 3.43. The van der Waals surface area contributed by atoms with Gasteiger partial charge in [0.05, 0.1) is 37.0 Å². The summed E-state index contributed by atoms with van der Waals surface area (Å²) in [7, 11) is 0. The van der Waals surface area contributed by atoms with Crippen LogP contribution in [0.1, 0.15) is 5.69 Å². The molecule has 0 radical (unpaired) electrons. The van der Waals surface area contributed by atoms with Crippen LogP contribution in [0.25, 0.3) is 11.3 Å². The van der Waals surface area contributed by atoms with Crippen LogP contribution in [0.5, 0.6) is 0 Å². The molecule has 2 heterocycles. The van der Waals surface area contributed by atoms with Crippen LogP contribution in [0.4, 0.5) is 0 Å². The van der Waals surface area contributed by atoms with Gasteiger partial charge in [0.1, 0.15) is 0 Å². The van der Waals surface area contributed by atoms with Crippen LogP contribution in [0, 0.1) is 0 Å². The molecule has 3 rings (SSSR count). The molecule has 1 aromatic heterocycles. The highest BCUT2D eigenvalue weighted by molar-refractivity contribution is 9.10. The van der Waals surface area contributed by atoms with Gasteiger partial charge in [-0.2, -0.15) is 0 Å². The minimum absolute atomic E-state index is 0.810. The van der Waals surface area contributed by atoms with E-state index >= 15 is 0 Å². The van der Waals surface area contributed by atoms with E-state index in [0.717, 1.165) is 54.3 Å². The minimum Gasteiger partial charge on any atom is -0.379 e. The fourth-order valence-electron chi connectivity index (χ4n) is 2.19. The maximum atomic E-state index is 5.34. The predicted octanol–water partition coefficient (Wildman–Crippen LogP) is 2.74. The molecule has 1 aromatic carbocycles. The van der Waals surface area contributed by atoms with Gasteiger partial charge in [0.2, 0.25) is 0 Å². The summed E-state index contributed by atoms with van der Waals surface area (Å²) in [5, 5.41) is 0. The zero-order valence-corrected chi connectivity index (χ0v) is 12.7. The Kier molecular flexibility index (Phi) is 4.40. The molecule has 1 saturated heterocycles. The molecule has 1 aliphatic rings. The van der Waals surface area contributed by atoms with Crippen molar-refractivity contribution in [2.75, 3.05) is 26.3 Å². The third-order valence-electron chi connectivity index (χ3n) is 3.33. The van der Waals surface area contributed by atoms with Crippen molar-refractivity contribution in [2.24, 2.45) is 0 Å². The van der Waals surface area contributed by atoms with Crippen molar-refractivity contribution < 1.29 is 4.74 Å². The van der Waals surface area contributed by atoms with E-state index in [1.807, 2.05) is 36.7 Å². The van der Waals surface area contributed by atoms with Gasteiger partial charge in [-0.3, -0.25) is 14.9 Å². The normalized spacial score (nSPS) is 16.2. The summed E-state index contributed by atoms with van der Waals surface area (Å²) in [6.45, 7) is 4.40. The van der Waals surface area contributed by atoms with Gasteiger partial charge in [-0.25, -0.2) is 0 Å². The molecule has 0 atom stereocenters. The lowest BCUT2D eigenvalue weighted by Gasteiger charge is -2.25. The summed E-state index contributed by atoms with van der Waals surface area (Å²) in [4.78, 5) is 11.4. The molecule has 0 bridgehead atoms. The molecule has 5 heteroatoms. The standard InChI is InChI=1S/C15H16BrN3O/c16-13-3-1-12(2-4-13)15-10-17-14(9-18-15)11-19-5-7-20-8-6-19/h1-4,9-10H,5-8,11H2. The van der Waals surface area contributed by atoms with Gasteiger partial charge in [-0.1, -0.05) is 28.1 Å². The van der Waals surface area contributed by atoms with Crippen molar-refractivity contribution in [3.63, 3.8) is 0 Å². The maximum absolute atomic E-state index is 5.34. The van der Waals surface area contributed by atoms with Crippen molar-refractivity contribution in [1.29, 1.82) is 0 Å². The van der Waals surface area contributed by atoms with Gasteiger partial charge >= 0.3 is 0 Å². The Labute approximate surface area is 126 Å². The molecule has 0 unspecified atom stereocenters. The highest BCUT2D eigenvalue weighted by Gasteiger charge is 2.11. The molecular weight excluding hydrogens is 318 g/mol. The molecule has 0 aliphatic carbocycles. The Hall–Kier alpha value is -1.30. The third kappa shape index (κ3) is 3.42. The van der Waals surface area contributed by atoms with E-state index in [2.05, 4.69) is 30.8 Å². The largest absolute Gasteiger partial charge is 0.379 e. The zero-order chi connectivity index (χ0) is 13.8. The minimum atomic E-state index is 0.810.